The molecule has 0 atom stereocenters. The summed E-state index contributed by atoms with van der Waals surface area (Å²) in [6, 6.07) is 17.8. The molecule has 1 N–H and O–H groups in total. The maximum absolute atomic E-state index is 13.8. The third-order valence-corrected chi connectivity index (χ3v) is 8.10. The number of rotatable bonds is 6. The van der Waals surface area contributed by atoms with Crippen LogP contribution in [0.15, 0.2) is 88.7 Å². The fourth-order valence-corrected chi connectivity index (χ4v) is 5.71. The van der Waals surface area contributed by atoms with Gasteiger partial charge < -0.3 is 15.1 Å². The average Bonchev–Trinajstić information content (AvgIpc) is 3.00. The third-order valence-electron chi connectivity index (χ3n) is 7.79. The number of fused-ring (bicyclic) bond motifs is 1. The van der Waals surface area contributed by atoms with E-state index in [4.69, 9.17) is 16.6 Å². The van der Waals surface area contributed by atoms with Gasteiger partial charge in [0.15, 0.2) is 5.82 Å². The van der Waals surface area contributed by atoms with E-state index in [1.807, 2.05) is 31.2 Å². The number of aromatic nitrogens is 3. The van der Waals surface area contributed by atoms with Gasteiger partial charge in [0.25, 0.3) is 5.56 Å². The highest BCUT2D eigenvalue weighted by Gasteiger charge is 2.16. The lowest BCUT2D eigenvalue weighted by Crippen LogP contribution is -2.44. The van der Waals surface area contributed by atoms with Crippen LogP contribution >= 0.6 is 11.6 Å². The molecule has 0 amide bonds. The van der Waals surface area contributed by atoms with Gasteiger partial charge in [0.05, 0.1) is 0 Å². The second-order valence-electron chi connectivity index (χ2n) is 10.6. The smallest absolute Gasteiger partial charge is 0.260 e. The molecule has 0 bridgehead atoms. The molecule has 1 saturated heterocycles. The molecular weight excluding hydrogens is 546 g/mol. The molecule has 2 aliphatic heterocycles. The summed E-state index contributed by atoms with van der Waals surface area (Å²) in [6.45, 7) is 6.65. The standard InChI is InChI=1S/C33H34ClN7O/c1-3-41-32-24(21-28(33(41)42)27-14-9-23(22-29(27)34)31-35-15-6-16-36-31)7-4-5-8-30(38-32)37-25-10-12-26(13-11-25)40-19-17-39(2)18-20-40/h6-16,21-22,37H,3-5,17-20H2,1-2H3/b24-7-,30-8-,38-32+. The summed E-state index contributed by atoms with van der Waals surface area (Å²) in [7, 11) is 2.17. The first-order valence-corrected chi connectivity index (χ1v) is 14.8. The fraction of sp³-hybridized carbons (Fsp3) is 0.273. The van der Waals surface area contributed by atoms with Gasteiger partial charge in [0, 0.05) is 83.4 Å². The normalized spacial score (nSPS) is 18.4. The van der Waals surface area contributed by atoms with Crippen molar-refractivity contribution in [3.8, 4) is 22.5 Å². The van der Waals surface area contributed by atoms with Crippen LogP contribution in [0.3, 0.4) is 0 Å². The summed E-state index contributed by atoms with van der Waals surface area (Å²) in [5, 5.41) is 4.87. The monoisotopic (exact) mass is 579 g/mol. The molecule has 42 heavy (non-hydrogen) atoms. The van der Waals surface area contributed by atoms with Crippen LogP contribution in [-0.4, -0.2) is 52.7 Å². The van der Waals surface area contributed by atoms with Gasteiger partial charge >= 0.3 is 0 Å². The van der Waals surface area contributed by atoms with Crippen LogP contribution in [0.1, 0.15) is 19.8 Å². The van der Waals surface area contributed by atoms with Crippen molar-refractivity contribution in [3.05, 3.63) is 105 Å². The van der Waals surface area contributed by atoms with E-state index in [1.165, 1.54) is 5.69 Å². The van der Waals surface area contributed by atoms with Gasteiger partial charge in [-0.1, -0.05) is 29.8 Å². The highest BCUT2D eigenvalue weighted by atomic mass is 35.5. The lowest BCUT2D eigenvalue weighted by molar-refractivity contribution is 0.313. The van der Waals surface area contributed by atoms with Crippen LogP contribution in [0, 0.1) is 0 Å². The number of anilines is 2. The Labute approximate surface area is 250 Å². The first-order valence-electron chi connectivity index (χ1n) is 14.4. The molecule has 0 aliphatic carbocycles. The van der Waals surface area contributed by atoms with E-state index in [0.717, 1.165) is 61.3 Å². The van der Waals surface area contributed by atoms with Crippen molar-refractivity contribution < 1.29 is 0 Å². The van der Waals surface area contributed by atoms with Gasteiger partial charge in [0.1, 0.15) is 11.3 Å². The Morgan fingerprint density at radius 1 is 0.905 bits per heavy atom. The zero-order chi connectivity index (χ0) is 29.1. The van der Waals surface area contributed by atoms with Gasteiger partial charge in [-0.3, -0.25) is 9.36 Å². The van der Waals surface area contributed by atoms with Crippen LogP contribution in [-0.2, 0) is 6.54 Å². The molecule has 4 aromatic rings. The summed E-state index contributed by atoms with van der Waals surface area (Å²) in [5.41, 5.74) is 4.73. The molecule has 4 heterocycles. The minimum Gasteiger partial charge on any atom is -0.369 e. The van der Waals surface area contributed by atoms with Gasteiger partial charge in [-0.25, -0.2) is 15.0 Å². The summed E-state index contributed by atoms with van der Waals surface area (Å²) in [4.78, 5) is 32.2. The minimum absolute atomic E-state index is 0.129. The van der Waals surface area contributed by atoms with E-state index in [-0.39, 0.29) is 5.56 Å². The number of piperazine rings is 1. The first kappa shape index (κ1) is 27.9. The Morgan fingerprint density at radius 3 is 2.36 bits per heavy atom. The quantitative estimate of drug-likeness (QED) is 0.361. The number of benzene rings is 2. The van der Waals surface area contributed by atoms with Crippen LogP contribution < -0.4 is 26.5 Å². The van der Waals surface area contributed by atoms with Crippen molar-refractivity contribution in [1.29, 1.82) is 0 Å². The summed E-state index contributed by atoms with van der Waals surface area (Å²) < 4.78 is 1.73. The molecule has 1 fully saturated rings. The molecule has 6 rings (SSSR count). The van der Waals surface area contributed by atoms with E-state index >= 15 is 0 Å². The van der Waals surface area contributed by atoms with Crippen molar-refractivity contribution in [2.75, 3.05) is 43.4 Å². The minimum atomic E-state index is -0.129. The lowest BCUT2D eigenvalue weighted by Gasteiger charge is -2.34. The van der Waals surface area contributed by atoms with E-state index in [2.05, 4.69) is 68.5 Å². The number of nitrogens with zero attached hydrogens (tertiary/aromatic N) is 6. The molecule has 0 spiro atoms. The zero-order valence-corrected chi connectivity index (χ0v) is 24.7. The van der Waals surface area contributed by atoms with Crippen molar-refractivity contribution >= 4 is 29.1 Å². The molecule has 2 aliphatic rings. The maximum Gasteiger partial charge on any atom is 0.260 e. The summed E-state index contributed by atoms with van der Waals surface area (Å²) in [5.74, 6) is 1.32. The van der Waals surface area contributed by atoms with Gasteiger partial charge in [-0.15, -0.1) is 0 Å². The Morgan fingerprint density at radius 2 is 1.64 bits per heavy atom. The Bertz CT molecular complexity index is 1790. The molecule has 214 valence electrons. The third kappa shape index (κ3) is 5.86. The van der Waals surface area contributed by atoms with Crippen molar-refractivity contribution in [3.63, 3.8) is 0 Å². The molecule has 0 radical (unpaired) electrons. The Kier molecular flexibility index (Phi) is 8.17. The molecule has 0 unspecified atom stereocenters. The van der Waals surface area contributed by atoms with Crippen LogP contribution in [0.5, 0.6) is 0 Å². The number of likely N-dealkylation sites (N-methyl/N-ethyl adjacent to an activating group) is 1. The van der Waals surface area contributed by atoms with E-state index in [1.54, 1.807) is 23.0 Å². The highest BCUT2D eigenvalue weighted by Crippen LogP contribution is 2.29. The van der Waals surface area contributed by atoms with E-state index in [9.17, 15) is 4.79 Å². The number of allylic oxidation sites excluding steroid dienone is 1. The predicted molar refractivity (Wildman–Crippen MR) is 170 cm³/mol. The summed E-state index contributed by atoms with van der Waals surface area (Å²) in [6.07, 6.45) is 9.28. The number of nitrogens with one attached hydrogen (secondary N) is 1. The van der Waals surface area contributed by atoms with Crippen molar-refractivity contribution in [2.45, 2.75) is 26.3 Å². The Hall–Kier alpha value is -4.27. The topological polar surface area (TPSA) is 78.6 Å². The van der Waals surface area contributed by atoms with Crippen LogP contribution in [0.2, 0.25) is 5.02 Å². The summed E-state index contributed by atoms with van der Waals surface area (Å²) >= 11 is 6.74. The van der Waals surface area contributed by atoms with Gasteiger partial charge in [-0.2, -0.15) is 0 Å². The van der Waals surface area contributed by atoms with Crippen LogP contribution in [0.4, 0.5) is 11.4 Å². The molecule has 8 nitrogen and oxygen atoms in total. The predicted octanol–water partition coefficient (Wildman–Crippen LogP) is 4.54. The number of hydrogen-bond donors (Lipinski definition) is 1. The lowest BCUT2D eigenvalue weighted by atomic mass is 10.0. The largest absolute Gasteiger partial charge is 0.369 e. The molecule has 0 saturated carbocycles. The molecular formula is C33H34ClN7O. The first-order chi connectivity index (χ1) is 20.5. The second kappa shape index (κ2) is 12.3. The zero-order valence-electron chi connectivity index (χ0n) is 23.9. The van der Waals surface area contributed by atoms with E-state index < -0.39 is 0 Å². The fourth-order valence-electron chi connectivity index (χ4n) is 5.43. The van der Waals surface area contributed by atoms with E-state index in [0.29, 0.717) is 34.0 Å². The number of hydrogen-bond acceptors (Lipinski definition) is 7. The SMILES string of the molecule is CCn1c(=O)c(-c2ccc(-c3ncccn3)cc2Cl)cc2/c1=N\C(Nc1ccc(N3CCN(C)CC3)cc1)=C/CC\C=2. The number of pyridine rings is 1. The van der Waals surface area contributed by atoms with Crippen molar-refractivity contribution in [2.24, 2.45) is 4.99 Å². The van der Waals surface area contributed by atoms with Gasteiger partial charge in [0.2, 0.25) is 0 Å². The van der Waals surface area contributed by atoms with Gasteiger partial charge in [-0.05, 0) is 75.4 Å². The second-order valence-corrected chi connectivity index (χ2v) is 11.0. The van der Waals surface area contributed by atoms with Crippen LogP contribution in [0.25, 0.3) is 28.6 Å². The highest BCUT2D eigenvalue weighted by molar-refractivity contribution is 6.33. The molecule has 2 aromatic carbocycles. The number of halogens is 1. The average molecular weight is 580 g/mol. The molecule has 9 heteroatoms. The van der Waals surface area contributed by atoms with Crippen molar-refractivity contribution in [1.82, 2.24) is 19.4 Å². The Balaban J connectivity index is 1.32. The maximum atomic E-state index is 13.8. The molecule has 2 aromatic heterocycles.